The van der Waals surface area contributed by atoms with Crippen molar-refractivity contribution in [1.29, 1.82) is 0 Å². The lowest BCUT2D eigenvalue weighted by molar-refractivity contribution is 0.0995. The van der Waals surface area contributed by atoms with Crippen LogP contribution in [0.1, 0.15) is 10.6 Å². The predicted molar refractivity (Wildman–Crippen MR) is 84.8 cm³/mol. The highest BCUT2D eigenvalue weighted by atomic mass is 79.9. The summed E-state index contributed by atoms with van der Waals surface area (Å²) in [5.41, 5.74) is 0.794. The maximum Gasteiger partial charge on any atom is 0.293 e. The van der Waals surface area contributed by atoms with Gasteiger partial charge in [-0.15, -0.1) is 22.7 Å². The normalized spacial score (nSPS) is 10.7. The van der Waals surface area contributed by atoms with E-state index >= 15 is 0 Å². The van der Waals surface area contributed by atoms with Crippen LogP contribution < -0.4 is 5.32 Å². The number of carbonyl (C=O) groups excluding carboxylic acids is 1. The molecule has 4 nitrogen and oxygen atoms in total. The van der Waals surface area contributed by atoms with Gasteiger partial charge in [-0.2, -0.15) is 0 Å². The van der Waals surface area contributed by atoms with E-state index in [1.807, 2.05) is 17.5 Å². The molecule has 0 saturated heterocycles. The number of hydrogen-bond acceptors (Lipinski definition) is 5. The molecule has 0 fully saturated rings. The van der Waals surface area contributed by atoms with Gasteiger partial charge in [-0.05, 0) is 40.2 Å². The molecule has 8 heteroatoms. The molecule has 0 spiro atoms. The molecule has 0 aliphatic rings. The standard InChI is InChI=1S/C12H6BrClN2O2S2/c13-9-3-1-7(18-9)11(17)16-12-15-6(5-19-12)8-2-4-10(14)20-8/h1-5H,(H,15,16,17). The van der Waals surface area contributed by atoms with E-state index in [0.29, 0.717) is 14.1 Å². The van der Waals surface area contributed by atoms with E-state index in [2.05, 4.69) is 26.2 Å². The number of amides is 1. The zero-order valence-electron chi connectivity index (χ0n) is 9.72. The molecule has 0 atom stereocenters. The van der Waals surface area contributed by atoms with Gasteiger partial charge in [-0.25, -0.2) is 4.98 Å². The smallest absolute Gasteiger partial charge is 0.293 e. The van der Waals surface area contributed by atoms with Gasteiger partial charge in [0.2, 0.25) is 0 Å². The Bertz CT molecular complexity index is 765. The van der Waals surface area contributed by atoms with Crippen LogP contribution in [0.5, 0.6) is 0 Å². The number of thiazole rings is 1. The van der Waals surface area contributed by atoms with Crippen molar-refractivity contribution in [3.63, 3.8) is 0 Å². The third-order valence-corrected chi connectivity index (χ3v) is 4.78. The van der Waals surface area contributed by atoms with Crippen LogP contribution in [0.2, 0.25) is 4.34 Å². The number of furan rings is 1. The summed E-state index contributed by atoms with van der Waals surface area (Å²) in [4.78, 5) is 17.2. The van der Waals surface area contributed by atoms with Crippen molar-refractivity contribution in [3.05, 3.63) is 44.4 Å². The summed E-state index contributed by atoms with van der Waals surface area (Å²) in [6.45, 7) is 0. The molecule has 0 radical (unpaired) electrons. The van der Waals surface area contributed by atoms with Crippen LogP contribution in [-0.4, -0.2) is 10.9 Å². The molecule has 0 aliphatic carbocycles. The number of rotatable bonds is 3. The van der Waals surface area contributed by atoms with Gasteiger partial charge in [0.15, 0.2) is 15.6 Å². The van der Waals surface area contributed by atoms with Gasteiger partial charge in [-0.1, -0.05) is 11.6 Å². The topological polar surface area (TPSA) is 55.1 Å². The van der Waals surface area contributed by atoms with Gasteiger partial charge in [0.1, 0.15) is 0 Å². The molecule has 0 aromatic carbocycles. The Hall–Kier alpha value is -1.15. The van der Waals surface area contributed by atoms with Crippen molar-refractivity contribution < 1.29 is 9.21 Å². The minimum Gasteiger partial charge on any atom is -0.444 e. The van der Waals surface area contributed by atoms with Crippen molar-refractivity contribution in [3.8, 4) is 10.6 Å². The Morgan fingerprint density at radius 2 is 2.20 bits per heavy atom. The first-order valence-corrected chi connectivity index (χ1v) is 8.26. The number of thiophene rings is 1. The van der Waals surface area contributed by atoms with Gasteiger partial charge in [0.25, 0.3) is 5.91 Å². The van der Waals surface area contributed by atoms with Crippen LogP contribution >= 0.6 is 50.2 Å². The first-order chi connectivity index (χ1) is 9.61. The molecule has 20 heavy (non-hydrogen) atoms. The second kappa shape index (κ2) is 5.69. The first kappa shape index (κ1) is 13.8. The Kier molecular flexibility index (Phi) is 3.93. The lowest BCUT2D eigenvalue weighted by atomic mass is 10.4. The SMILES string of the molecule is O=C(Nc1nc(-c2ccc(Cl)s2)cs1)c1ccc(Br)o1. The average molecular weight is 390 g/mol. The number of halogens is 2. The maximum absolute atomic E-state index is 11.9. The highest BCUT2D eigenvalue weighted by molar-refractivity contribution is 9.10. The summed E-state index contributed by atoms with van der Waals surface area (Å²) >= 11 is 11.8. The molecule has 3 aromatic rings. The summed E-state index contributed by atoms with van der Waals surface area (Å²) < 4.78 is 6.40. The number of hydrogen-bond donors (Lipinski definition) is 1. The van der Waals surface area contributed by atoms with Crippen LogP contribution in [0.3, 0.4) is 0 Å². The Morgan fingerprint density at radius 1 is 1.35 bits per heavy atom. The van der Waals surface area contributed by atoms with Crippen LogP contribution in [0.4, 0.5) is 5.13 Å². The number of aromatic nitrogens is 1. The van der Waals surface area contributed by atoms with Crippen molar-refractivity contribution in [2.45, 2.75) is 0 Å². The van der Waals surface area contributed by atoms with Crippen molar-refractivity contribution in [1.82, 2.24) is 4.98 Å². The summed E-state index contributed by atoms with van der Waals surface area (Å²) in [5.74, 6) is -0.103. The zero-order valence-corrected chi connectivity index (χ0v) is 13.7. The van der Waals surface area contributed by atoms with Crippen molar-refractivity contribution in [2.24, 2.45) is 0 Å². The number of carbonyl (C=O) groups is 1. The fraction of sp³-hybridized carbons (Fsp3) is 0. The molecule has 0 aliphatic heterocycles. The number of anilines is 1. The summed E-state index contributed by atoms with van der Waals surface area (Å²) in [6, 6.07) is 6.97. The summed E-state index contributed by atoms with van der Waals surface area (Å²) in [7, 11) is 0. The van der Waals surface area contributed by atoms with Crippen LogP contribution in [-0.2, 0) is 0 Å². The minimum absolute atomic E-state index is 0.229. The molecular weight excluding hydrogens is 384 g/mol. The average Bonchev–Trinajstić information content (AvgIpc) is 3.10. The highest BCUT2D eigenvalue weighted by Gasteiger charge is 2.13. The molecule has 0 saturated carbocycles. The number of nitrogens with one attached hydrogen (secondary N) is 1. The monoisotopic (exact) mass is 388 g/mol. The van der Waals surface area contributed by atoms with Crippen LogP contribution in [0.15, 0.2) is 38.7 Å². The predicted octanol–water partition coefficient (Wildman–Crippen LogP) is 5.13. The van der Waals surface area contributed by atoms with E-state index in [9.17, 15) is 4.79 Å². The largest absolute Gasteiger partial charge is 0.444 e. The molecular formula is C12H6BrClN2O2S2. The Balaban J connectivity index is 1.76. The molecule has 3 rings (SSSR count). The quantitative estimate of drug-likeness (QED) is 0.675. The van der Waals surface area contributed by atoms with E-state index in [4.69, 9.17) is 16.0 Å². The third kappa shape index (κ3) is 2.95. The molecule has 102 valence electrons. The fourth-order valence-electron chi connectivity index (χ4n) is 1.49. The lowest BCUT2D eigenvalue weighted by Crippen LogP contribution is -2.10. The molecule has 3 aromatic heterocycles. The second-order valence-corrected chi connectivity index (χ2v) is 7.05. The third-order valence-electron chi connectivity index (χ3n) is 2.35. The van der Waals surface area contributed by atoms with Gasteiger partial charge >= 0.3 is 0 Å². The first-order valence-electron chi connectivity index (χ1n) is 5.40. The van der Waals surface area contributed by atoms with Crippen LogP contribution in [0.25, 0.3) is 10.6 Å². The molecule has 3 heterocycles. The zero-order chi connectivity index (χ0) is 14.1. The summed E-state index contributed by atoms with van der Waals surface area (Å²) in [5, 5.41) is 5.08. The summed E-state index contributed by atoms with van der Waals surface area (Å²) in [6.07, 6.45) is 0. The van der Waals surface area contributed by atoms with E-state index < -0.39 is 0 Å². The maximum atomic E-state index is 11.9. The molecule has 1 amide bonds. The Morgan fingerprint density at radius 3 is 2.85 bits per heavy atom. The van der Waals surface area contributed by atoms with Gasteiger partial charge in [0, 0.05) is 5.38 Å². The van der Waals surface area contributed by atoms with Gasteiger partial charge < -0.3 is 4.42 Å². The van der Waals surface area contributed by atoms with E-state index in [-0.39, 0.29) is 11.7 Å². The van der Waals surface area contributed by atoms with Crippen molar-refractivity contribution in [2.75, 3.05) is 5.32 Å². The van der Waals surface area contributed by atoms with Crippen molar-refractivity contribution >= 4 is 61.2 Å². The lowest BCUT2D eigenvalue weighted by Gasteiger charge is -1.97. The minimum atomic E-state index is -0.333. The van der Waals surface area contributed by atoms with E-state index in [1.165, 1.54) is 22.7 Å². The van der Waals surface area contributed by atoms with E-state index in [0.717, 1.165) is 10.6 Å². The highest BCUT2D eigenvalue weighted by Crippen LogP contribution is 2.33. The number of nitrogens with zero attached hydrogens (tertiary/aromatic N) is 1. The van der Waals surface area contributed by atoms with E-state index in [1.54, 1.807) is 12.1 Å². The molecule has 0 bridgehead atoms. The molecule has 1 N–H and O–H groups in total. The molecule has 0 unspecified atom stereocenters. The van der Waals surface area contributed by atoms with Gasteiger partial charge in [0.05, 0.1) is 14.9 Å². The van der Waals surface area contributed by atoms with Gasteiger partial charge in [-0.3, -0.25) is 10.1 Å². The van der Waals surface area contributed by atoms with Crippen LogP contribution in [0, 0.1) is 0 Å². The Labute approximate surface area is 135 Å². The fourth-order valence-corrected chi connectivity index (χ4v) is 3.58. The second-order valence-electron chi connectivity index (χ2n) is 3.70.